The lowest BCUT2D eigenvalue weighted by Gasteiger charge is -2.31. The van der Waals surface area contributed by atoms with Gasteiger partial charge >= 0.3 is 0 Å². The summed E-state index contributed by atoms with van der Waals surface area (Å²) in [6.07, 6.45) is 7.39. The molecule has 2 fully saturated rings. The van der Waals surface area contributed by atoms with Crippen molar-refractivity contribution < 1.29 is 4.79 Å². The van der Waals surface area contributed by atoms with Crippen LogP contribution in [0.2, 0.25) is 0 Å². The second-order valence-electron chi connectivity index (χ2n) is 5.20. The Morgan fingerprint density at radius 2 is 2.22 bits per heavy atom. The zero-order valence-corrected chi connectivity index (χ0v) is 11.9. The summed E-state index contributed by atoms with van der Waals surface area (Å²) >= 11 is 1.95. The Morgan fingerprint density at radius 1 is 1.44 bits per heavy atom. The average Bonchev–Trinajstić information content (AvgIpc) is 2.90. The monoisotopic (exact) mass is 268 g/mol. The van der Waals surface area contributed by atoms with E-state index in [9.17, 15) is 4.79 Å². The first kappa shape index (κ1) is 13.9. The average molecular weight is 268 g/mol. The van der Waals surface area contributed by atoms with Crippen molar-refractivity contribution in [1.82, 2.24) is 10.2 Å². The van der Waals surface area contributed by atoms with E-state index in [1.54, 1.807) is 0 Å². The third-order valence-electron chi connectivity index (χ3n) is 3.83. The molecule has 1 atom stereocenters. The molecule has 0 aromatic carbocycles. The Kier molecular flexibility index (Phi) is 5.57. The quantitative estimate of drug-likeness (QED) is 0.775. The number of hydrogen-bond acceptors (Lipinski definition) is 3. The van der Waals surface area contributed by atoms with Crippen LogP contribution in [0.15, 0.2) is 12.7 Å². The summed E-state index contributed by atoms with van der Waals surface area (Å²) in [5.74, 6) is 2.55. The maximum atomic E-state index is 12.4. The molecule has 4 heteroatoms. The van der Waals surface area contributed by atoms with Crippen LogP contribution >= 0.6 is 11.8 Å². The summed E-state index contributed by atoms with van der Waals surface area (Å²) < 4.78 is 0. The van der Waals surface area contributed by atoms with Gasteiger partial charge in [0, 0.05) is 43.1 Å². The van der Waals surface area contributed by atoms with E-state index >= 15 is 0 Å². The van der Waals surface area contributed by atoms with E-state index in [1.165, 1.54) is 31.4 Å². The van der Waals surface area contributed by atoms with Crippen LogP contribution in [0.3, 0.4) is 0 Å². The lowest BCUT2D eigenvalue weighted by Crippen LogP contribution is -2.45. The van der Waals surface area contributed by atoms with Crippen LogP contribution in [0.4, 0.5) is 0 Å². The van der Waals surface area contributed by atoms with Gasteiger partial charge in [-0.2, -0.15) is 11.8 Å². The third-order valence-corrected chi connectivity index (χ3v) is 4.96. The minimum Gasteiger partial charge on any atom is -0.336 e. The number of thioether (sulfide) groups is 1. The van der Waals surface area contributed by atoms with Gasteiger partial charge in [0.25, 0.3) is 0 Å². The van der Waals surface area contributed by atoms with Gasteiger partial charge in [-0.3, -0.25) is 4.79 Å². The van der Waals surface area contributed by atoms with E-state index in [0.717, 1.165) is 12.3 Å². The lowest BCUT2D eigenvalue weighted by molar-refractivity contribution is -0.133. The van der Waals surface area contributed by atoms with E-state index in [0.29, 0.717) is 31.0 Å². The van der Waals surface area contributed by atoms with Crippen LogP contribution in [0.1, 0.15) is 32.1 Å². The Balaban J connectivity index is 1.87. The Hall–Kier alpha value is -0.480. The number of carbonyl (C=O) groups excluding carboxylic acids is 1. The van der Waals surface area contributed by atoms with E-state index in [2.05, 4.69) is 16.8 Å². The first-order valence-electron chi connectivity index (χ1n) is 7.02. The van der Waals surface area contributed by atoms with Gasteiger partial charge in [-0.15, -0.1) is 6.58 Å². The van der Waals surface area contributed by atoms with E-state index in [1.807, 2.05) is 17.8 Å². The highest BCUT2D eigenvalue weighted by Gasteiger charge is 2.27. The molecular formula is C14H24N2OS. The van der Waals surface area contributed by atoms with Crippen LogP contribution in [-0.2, 0) is 4.79 Å². The minimum absolute atomic E-state index is 0.307. The minimum atomic E-state index is 0.307. The summed E-state index contributed by atoms with van der Waals surface area (Å²) in [6, 6.07) is 0.830. The smallest absolute Gasteiger partial charge is 0.224 e. The molecule has 1 aliphatic heterocycles. The Bertz CT molecular complexity index is 284. The van der Waals surface area contributed by atoms with Crippen molar-refractivity contribution in [3.8, 4) is 0 Å². The predicted molar refractivity (Wildman–Crippen MR) is 77.9 cm³/mol. The highest BCUT2D eigenvalue weighted by atomic mass is 32.2. The molecule has 0 radical (unpaired) electrons. The second-order valence-corrected chi connectivity index (χ2v) is 6.35. The topological polar surface area (TPSA) is 32.3 Å². The van der Waals surface area contributed by atoms with Crippen molar-refractivity contribution in [3.05, 3.63) is 12.7 Å². The Morgan fingerprint density at radius 3 is 2.83 bits per heavy atom. The van der Waals surface area contributed by atoms with Gasteiger partial charge in [0.05, 0.1) is 0 Å². The van der Waals surface area contributed by atoms with Crippen molar-refractivity contribution in [1.29, 1.82) is 0 Å². The van der Waals surface area contributed by atoms with E-state index < -0.39 is 0 Å². The molecule has 1 amide bonds. The summed E-state index contributed by atoms with van der Waals surface area (Å²) in [6.45, 7) is 5.53. The largest absolute Gasteiger partial charge is 0.336 e. The third kappa shape index (κ3) is 3.75. The predicted octanol–water partition coefficient (Wildman–Crippen LogP) is 2.04. The van der Waals surface area contributed by atoms with Crippen LogP contribution in [-0.4, -0.2) is 47.5 Å². The van der Waals surface area contributed by atoms with Gasteiger partial charge in [-0.1, -0.05) is 18.9 Å². The number of rotatable bonds is 5. The van der Waals surface area contributed by atoms with Crippen LogP contribution in [0, 0.1) is 0 Å². The first-order chi connectivity index (χ1) is 8.81. The van der Waals surface area contributed by atoms with E-state index in [4.69, 9.17) is 0 Å². The van der Waals surface area contributed by atoms with Gasteiger partial charge in [-0.05, 0) is 12.8 Å². The Labute approximate surface area is 114 Å². The van der Waals surface area contributed by atoms with E-state index in [-0.39, 0.29) is 0 Å². The summed E-state index contributed by atoms with van der Waals surface area (Å²) in [7, 11) is 0. The SMILES string of the molecule is C=CCN(C(=O)CC1CSCCN1)C1CCCC1. The zero-order valence-electron chi connectivity index (χ0n) is 11.1. The molecule has 0 aromatic heterocycles. The van der Waals surface area contributed by atoms with Crippen LogP contribution in [0.5, 0.6) is 0 Å². The number of nitrogens with zero attached hydrogens (tertiary/aromatic N) is 1. The molecule has 1 heterocycles. The van der Waals surface area contributed by atoms with Crippen LogP contribution in [0.25, 0.3) is 0 Å². The summed E-state index contributed by atoms with van der Waals surface area (Å²) in [5, 5.41) is 3.44. The molecule has 3 nitrogen and oxygen atoms in total. The van der Waals surface area contributed by atoms with Crippen LogP contribution < -0.4 is 5.32 Å². The maximum Gasteiger partial charge on any atom is 0.224 e. The molecule has 1 saturated carbocycles. The number of hydrogen-bond donors (Lipinski definition) is 1. The molecule has 2 aliphatic rings. The van der Waals surface area contributed by atoms with Crippen molar-refractivity contribution in [3.63, 3.8) is 0 Å². The van der Waals surface area contributed by atoms with Crippen molar-refractivity contribution in [2.24, 2.45) is 0 Å². The standard InChI is InChI=1S/C14H24N2OS/c1-2-8-16(13-5-3-4-6-13)14(17)10-12-11-18-9-7-15-12/h2,12-13,15H,1,3-11H2. The molecule has 1 saturated heterocycles. The normalized spacial score (nSPS) is 25.0. The fourth-order valence-electron chi connectivity index (χ4n) is 2.89. The first-order valence-corrected chi connectivity index (χ1v) is 8.18. The fourth-order valence-corrected chi connectivity index (χ4v) is 3.84. The van der Waals surface area contributed by atoms with Gasteiger partial charge in [0.2, 0.25) is 5.91 Å². The summed E-state index contributed by atoms with van der Waals surface area (Å²) in [4.78, 5) is 14.5. The highest BCUT2D eigenvalue weighted by molar-refractivity contribution is 7.99. The molecule has 102 valence electrons. The second kappa shape index (κ2) is 7.19. The van der Waals surface area contributed by atoms with Gasteiger partial charge in [-0.25, -0.2) is 0 Å². The van der Waals surface area contributed by atoms with Crippen molar-refractivity contribution in [2.75, 3.05) is 24.6 Å². The maximum absolute atomic E-state index is 12.4. The van der Waals surface area contributed by atoms with Gasteiger partial charge in [0.15, 0.2) is 0 Å². The molecule has 1 unspecified atom stereocenters. The van der Waals surface area contributed by atoms with Crippen molar-refractivity contribution >= 4 is 17.7 Å². The molecule has 0 aromatic rings. The molecule has 0 spiro atoms. The molecule has 2 rings (SSSR count). The fraction of sp³-hybridized carbons (Fsp3) is 0.786. The zero-order chi connectivity index (χ0) is 12.8. The number of amides is 1. The number of nitrogens with one attached hydrogen (secondary N) is 1. The molecule has 1 N–H and O–H groups in total. The van der Waals surface area contributed by atoms with Crippen molar-refractivity contribution in [2.45, 2.75) is 44.2 Å². The highest BCUT2D eigenvalue weighted by Crippen LogP contribution is 2.24. The number of carbonyl (C=O) groups is 1. The molecule has 1 aliphatic carbocycles. The molecule has 18 heavy (non-hydrogen) atoms. The lowest BCUT2D eigenvalue weighted by atomic mass is 10.1. The summed E-state index contributed by atoms with van der Waals surface area (Å²) in [5.41, 5.74) is 0. The molecular weight excluding hydrogens is 244 g/mol. The van der Waals surface area contributed by atoms with Gasteiger partial charge in [0.1, 0.15) is 0 Å². The van der Waals surface area contributed by atoms with Gasteiger partial charge < -0.3 is 10.2 Å². The molecule has 0 bridgehead atoms.